The number of methoxy groups -OCH3 is 3. The molecular formula is C44H66N2O9Si. The Kier molecular flexibility index (Phi) is 17.1. The molecule has 56 heavy (non-hydrogen) atoms. The van der Waals surface area contributed by atoms with Crippen LogP contribution in [0.1, 0.15) is 92.3 Å². The molecule has 0 aliphatic heterocycles. The van der Waals surface area contributed by atoms with Gasteiger partial charge in [0.25, 0.3) is 0 Å². The minimum Gasteiger partial charge on any atom is -0.497 e. The van der Waals surface area contributed by atoms with Crippen LogP contribution in [0.5, 0.6) is 11.5 Å². The van der Waals surface area contributed by atoms with Gasteiger partial charge in [0, 0.05) is 31.2 Å². The zero-order valence-electron chi connectivity index (χ0n) is 35.7. The van der Waals surface area contributed by atoms with Crippen LogP contribution in [-0.4, -0.2) is 88.9 Å². The van der Waals surface area contributed by atoms with Crippen molar-refractivity contribution >= 4 is 31.0 Å². The van der Waals surface area contributed by atoms with E-state index >= 15 is 0 Å². The fraction of sp³-hybridized carbons (Fsp3) is 0.591. The molecule has 1 aromatic heterocycles. The molecule has 12 heteroatoms. The first kappa shape index (κ1) is 46.5. The molecule has 0 saturated carbocycles. The second-order valence-electron chi connectivity index (χ2n) is 16.5. The average molecular weight is 795 g/mol. The molecular weight excluding hydrogens is 729 g/mol. The van der Waals surface area contributed by atoms with Crippen molar-refractivity contribution in [3.05, 3.63) is 59.8 Å². The number of esters is 1. The highest BCUT2D eigenvalue weighted by atomic mass is 28.3. The van der Waals surface area contributed by atoms with Crippen LogP contribution in [0.25, 0.3) is 10.9 Å². The Balaban J connectivity index is 2.22. The molecule has 0 unspecified atom stereocenters. The lowest BCUT2D eigenvalue weighted by atomic mass is 9.83. The molecule has 0 radical (unpaired) electrons. The summed E-state index contributed by atoms with van der Waals surface area (Å²) in [6.07, 6.45) is -0.0449. The number of rotatable bonds is 19. The van der Waals surface area contributed by atoms with Crippen LogP contribution < -0.4 is 15.2 Å². The quantitative estimate of drug-likeness (QED) is 0.0401. The molecule has 11 nitrogen and oxygen atoms in total. The largest absolute Gasteiger partial charge is 0.497 e. The maximum Gasteiger partial charge on any atom is 0.419 e. The van der Waals surface area contributed by atoms with Gasteiger partial charge in [0.15, 0.2) is 0 Å². The average Bonchev–Trinajstić information content (AvgIpc) is 3.46. The minimum atomic E-state index is -2.23. The number of aromatic nitrogens is 1. The number of ether oxygens (including phenoxy) is 6. The van der Waals surface area contributed by atoms with Crippen molar-refractivity contribution in [2.45, 2.75) is 115 Å². The number of nitrogens with zero attached hydrogens (tertiary/aromatic N) is 1. The molecule has 0 spiro atoms. The summed E-state index contributed by atoms with van der Waals surface area (Å²) in [6.45, 7) is 18.9. The highest BCUT2D eigenvalue weighted by molar-refractivity contribution is 6.90. The van der Waals surface area contributed by atoms with E-state index in [0.29, 0.717) is 45.8 Å². The summed E-state index contributed by atoms with van der Waals surface area (Å²) in [7, 11) is 2.23. The Bertz CT molecular complexity index is 1760. The van der Waals surface area contributed by atoms with Gasteiger partial charge in [-0.1, -0.05) is 65.7 Å². The Labute approximate surface area is 335 Å². The number of hydrogen-bond acceptors (Lipinski definition) is 10. The van der Waals surface area contributed by atoms with Gasteiger partial charge in [-0.15, -0.1) is 5.54 Å². The molecule has 0 aliphatic carbocycles. The molecule has 310 valence electrons. The Morgan fingerprint density at radius 3 is 2.05 bits per heavy atom. The number of carbonyl (C=O) groups is 2. The predicted molar refractivity (Wildman–Crippen MR) is 224 cm³/mol. The van der Waals surface area contributed by atoms with Gasteiger partial charge < -0.3 is 39.3 Å². The Hall–Kier alpha value is -3.86. The number of para-hydroxylation sites is 1. The number of benzene rings is 2. The summed E-state index contributed by atoms with van der Waals surface area (Å²) in [6, 6.07) is 14.8. The van der Waals surface area contributed by atoms with Crippen LogP contribution >= 0.6 is 0 Å². The van der Waals surface area contributed by atoms with Crippen molar-refractivity contribution in [1.29, 1.82) is 0 Å². The maximum absolute atomic E-state index is 14.2. The number of fused-ring (bicyclic) bond motifs is 1. The van der Waals surface area contributed by atoms with E-state index in [9.17, 15) is 14.7 Å². The summed E-state index contributed by atoms with van der Waals surface area (Å²) in [4.78, 5) is 28.4. The standard InChI is InChI=1S/C44H66N2O9Si/c1-30(2)56(31(3)4,32(5)6)24-22-44(49,28-45)26-33(27-53-29-50-10)25-38(41(47)52-12)40-37(21-23-54-35-19-17-34(51-11)18-20-35)36-15-13-14-16-39(36)46(40)42(48)55-43(7,8)9/h13-20,30-33,38,49H,21,23,25-29,45H2,1-12H3/t33-,38-,44+/m1/s1. The number of aliphatic hydroxyl groups is 1. The third-order valence-corrected chi connectivity index (χ3v) is 16.8. The summed E-state index contributed by atoms with van der Waals surface area (Å²) < 4.78 is 35.5. The van der Waals surface area contributed by atoms with Crippen molar-refractivity contribution < 1.29 is 43.1 Å². The van der Waals surface area contributed by atoms with E-state index in [2.05, 4.69) is 53.0 Å². The maximum atomic E-state index is 14.2. The van der Waals surface area contributed by atoms with Gasteiger partial charge in [-0.3, -0.25) is 4.79 Å². The van der Waals surface area contributed by atoms with E-state index in [-0.39, 0.29) is 39.4 Å². The predicted octanol–water partition coefficient (Wildman–Crippen LogP) is 8.24. The topological polar surface area (TPSA) is 141 Å². The van der Waals surface area contributed by atoms with Gasteiger partial charge in [-0.25, -0.2) is 9.36 Å². The van der Waals surface area contributed by atoms with Crippen molar-refractivity contribution in [3.63, 3.8) is 0 Å². The first-order valence-corrected chi connectivity index (χ1v) is 21.8. The van der Waals surface area contributed by atoms with Gasteiger partial charge in [-0.05, 0) is 92.0 Å². The van der Waals surface area contributed by atoms with Crippen LogP contribution in [-0.2, 0) is 30.2 Å². The van der Waals surface area contributed by atoms with Crippen molar-refractivity contribution in [2.75, 3.05) is 47.9 Å². The number of nitrogens with two attached hydrogens (primary N) is 1. The Morgan fingerprint density at radius 2 is 1.52 bits per heavy atom. The lowest BCUT2D eigenvalue weighted by Gasteiger charge is -2.38. The number of carbonyl (C=O) groups excluding carboxylic acids is 2. The van der Waals surface area contributed by atoms with E-state index < -0.39 is 43.2 Å². The van der Waals surface area contributed by atoms with Crippen molar-refractivity contribution in [2.24, 2.45) is 11.7 Å². The van der Waals surface area contributed by atoms with Gasteiger partial charge in [0.1, 0.15) is 37.6 Å². The van der Waals surface area contributed by atoms with Crippen LogP contribution in [0.15, 0.2) is 48.5 Å². The minimum absolute atomic E-state index is 0.00230. The van der Waals surface area contributed by atoms with Crippen LogP contribution in [0.4, 0.5) is 4.79 Å². The third-order valence-electron chi connectivity index (χ3n) is 10.6. The smallest absolute Gasteiger partial charge is 0.419 e. The normalized spacial score (nSPS) is 14.3. The summed E-state index contributed by atoms with van der Waals surface area (Å²) in [5.41, 5.74) is 10.4. The molecule has 0 bridgehead atoms. The van der Waals surface area contributed by atoms with E-state index in [4.69, 9.17) is 34.2 Å². The van der Waals surface area contributed by atoms with E-state index in [1.54, 1.807) is 27.9 Å². The van der Waals surface area contributed by atoms with Gasteiger partial charge in [-0.2, -0.15) is 0 Å². The lowest BCUT2D eigenvalue weighted by Crippen LogP contribution is -2.45. The second kappa shape index (κ2) is 20.5. The molecule has 1 heterocycles. The van der Waals surface area contributed by atoms with Crippen LogP contribution in [0.2, 0.25) is 16.6 Å². The molecule has 0 fully saturated rings. The third kappa shape index (κ3) is 11.6. The highest BCUT2D eigenvalue weighted by Gasteiger charge is 2.43. The van der Waals surface area contributed by atoms with Crippen molar-refractivity contribution in [3.8, 4) is 23.0 Å². The fourth-order valence-electron chi connectivity index (χ4n) is 8.03. The summed E-state index contributed by atoms with van der Waals surface area (Å²) in [5, 5.41) is 12.9. The van der Waals surface area contributed by atoms with Gasteiger partial charge in [0.2, 0.25) is 0 Å². The molecule has 3 N–H and O–H groups in total. The molecule has 0 amide bonds. The van der Waals surface area contributed by atoms with Crippen LogP contribution in [0, 0.1) is 17.4 Å². The van der Waals surface area contributed by atoms with E-state index in [1.165, 1.54) is 18.8 Å². The monoisotopic (exact) mass is 794 g/mol. The molecule has 0 saturated heterocycles. The van der Waals surface area contributed by atoms with E-state index in [1.807, 2.05) is 48.5 Å². The zero-order valence-corrected chi connectivity index (χ0v) is 36.7. The molecule has 3 aromatic rings. The zero-order chi connectivity index (χ0) is 41.8. The first-order chi connectivity index (χ1) is 26.4. The SMILES string of the molecule is COCOC[C@H](C[C@@H](C(=O)OC)c1c(CCOc2ccc(OC)cc2)c2ccccc2n1C(=O)OC(C)(C)C)C[C@@](O)(C#C[Si](C(C)C)(C(C)C)C(C)C)CN. The highest BCUT2D eigenvalue weighted by Crippen LogP contribution is 2.42. The van der Waals surface area contributed by atoms with Gasteiger partial charge >= 0.3 is 12.1 Å². The van der Waals surface area contributed by atoms with Crippen LogP contribution in [0.3, 0.4) is 0 Å². The molecule has 2 aromatic carbocycles. The second-order valence-corrected chi connectivity index (χ2v) is 22.1. The first-order valence-electron chi connectivity index (χ1n) is 19.6. The molecule has 3 rings (SSSR count). The lowest BCUT2D eigenvalue weighted by molar-refractivity contribution is -0.143. The molecule has 0 aliphatic rings. The summed E-state index contributed by atoms with van der Waals surface area (Å²) >= 11 is 0. The fourth-order valence-corrected chi connectivity index (χ4v) is 13.3. The Morgan fingerprint density at radius 1 is 0.911 bits per heavy atom. The van der Waals surface area contributed by atoms with E-state index in [0.717, 1.165) is 10.9 Å². The van der Waals surface area contributed by atoms with Crippen molar-refractivity contribution in [1.82, 2.24) is 4.57 Å². The molecule has 3 atom stereocenters. The summed E-state index contributed by atoms with van der Waals surface area (Å²) in [5.74, 6) is 2.62. The van der Waals surface area contributed by atoms with Gasteiger partial charge in [0.05, 0.1) is 38.9 Å². The number of hydrogen-bond donors (Lipinski definition) is 2.